The van der Waals surface area contributed by atoms with E-state index in [2.05, 4.69) is 235 Å². The lowest BCUT2D eigenvalue weighted by atomic mass is 9.64. The normalized spacial score (nSPS) is 16.5. The third-order valence-electron chi connectivity index (χ3n) is 13.6. The molecule has 302 valence electrons. The van der Waals surface area contributed by atoms with Crippen LogP contribution in [0.15, 0.2) is 229 Å². The summed E-state index contributed by atoms with van der Waals surface area (Å²) in [5.41, 5.74) is 14.9. The van der Waals surface area contributed by atoms with Gasteiger partial charge in [0.05, 0.1) is 5.41 Å². The van der Waals surface area contributed by atoms with Crippen LogP contribution in [-0.2, 0) is 5.41 Å². The number of nitrogens with one attached hydrogen (secondary N) is 2. The van der Waals surface area contributed by atoms with Gasteiger partial charge in [-0.3, -0.25) is 5.32 Å². The van der Waals surface area contributed by atoms with E-state index in [1.807, 2.05) is 0 Å². The summed E-state index contributed by atoms with van der Waals surface area (Å²) < 4.78 is 6.75. The number of amidine groups is 1. The van der Waals surface area contributed by atoms with Gasteiger partial charge in [-0.15, -0.1) is 0 Å². The van der Waals surface area contributed by atoms with Gasteiger partial charge in [0.2, 0.25) is 0 Å². The molecule has 1 aliphatic carbocycles. The van der Waals surface area contributed by atoms with Crippen LogP contribution in [0.4, 0.5) is 0 Å². The highest BCUT2D eigenvalue weighted by Gasteiger charge is 2.52. The zero-order chi connectivity index (χ0) is 42.2. The van der Waals surface area contributed by atoms with E-state index < -0.39 is 5.41 Å². The number of rotatable bonds is 5. The number of aliphatic imine (C=N–C) groups is 1. The molecule has 0 amide bonds. The first-order chi connectivity index (χ1) is 31.7. The summed E-state index contributed by atoms with van der Waals surface area (Å²) in [6.45, 7) is 0. The van der Waals surface area contributed by atoms with Gasteiger partial charge in [0.1, 0.15) is 29.7 Å². The van der Waals surface area contributed by atoms with Crippen LogP contribution in [0.3, 0.4) is 0 Å². The van der Waals surface area contributed by atoms with Crippen molar-refractivity contribution < 1.29 is 4.74 Å². The maximum atomic E-state index is 6.75. The Morgan fingerprint density at radius 2 is 0.922 bits per heavy atom. The lowest BCUT2D eigenvalue weighted by Gasteiger charge is -2.40. The van der Waals surface area contributed by atoms with Crippen LogP contribution in [0.2, 0.25) is 0 Å². The van der Waals surface area contributed by atoms with Crippen LogP contribution in [0.1, 0.15) is 51.3 Å². The second-order valence-corrected chi connectivity index (χ2v) is 17.0. The molecule has 10 aromatic rings. The standard InChI is InChI=1S/C60H41N3O/c1-3-15-38(16-4-1)39-27-31-42(32-28-39)58-61-57(41-17-5-2-6-18-41)62-59(63-58)43-33-29-40(30-34-43)44-35-36-49-52(37-44)60(50-23-11-13-25-53(50)64-54-26-14-12-24-51(54)60)56-48-22-10-8-20-46(48)45-19-7-9-21-47(45)55(49)56/h1-37,57,59,62H,(H,61,63). The summed E-state index contributed by atoms with van der Waals surface area (Å²) in [7, 11) is 0. The molecule has 2 unspecified atom stereocenters. The van der Waals surface area contributed by atoms with Crippen LogP contribution in [0.25, 0.3) is 54.9 Å². The molecule has 3 aliphatic rings. The minimum Gasteiger partial charge on any atom is -0.457 e. The summed E-state index contributed by atoms with van der Waals surface area (Å²) >= 11 is 0. The minimum absolute atomic E-state index is 0.171. The largest absolute Gasteiger partial charge is 0.457 e. The van der Waals surface area contributed by atoms with Crippen LogP contribution >= 0.6 is 0 Å². The van der Waals surface area contributed by atoms with E-state index in [4.69, 9.17) is 9.73 Å². The fourth-order valence-corrected chi connectivity index (χ4v) is 10.8. The number of para-hydroxylation sites is 2. The summed E-state index contributed by atoms with van der Waals surface area (Å²) in [6.07, 6.45) is -0.391. The van der Waals surface area contributed by atoms with Crippen molar-refractivity contribution in [1.29, 1.82) is 0 Å². The molecule has 0 saturated heterocycles. The molecule has 13 rings (SSSR count). The number of hydrogen-bond acceptors (Lipinski definition) is 4. The van der Waals surface area contributed by atoms with Gasteiger partial charge in [-0.25, -0.2) is 4.99 Å². The quantitative estimate of drug-likeness (QED) is 0.170. The van der Waals surface area contributed by atoms with Gasteiger partial charge >= 0.3 is 0 Å². The number of hydrogen-bond donors (Lipinski definition) is 2. The average Bonchev–Trinajstić information content (AvgIpc) is 3.68. The van der Waals surface area contributed by atoms with Gasteiger partial charge in [0, 0.05) is 16.7 Å². The topological polar surface area (TPSA) is 45.7 Å². The monoisotopic (exact) mass is 819 g/mol. The number of benzene rings is 10. The molecule has 0 radical (unpaired) electrons. The van der Waals surface area contributed by atoms with Crippen molar-refractivity contribution in [3.8, 4) is 44.9 Å². The molecule has 0 bridgehead atoms. The van der Waals surface area contributed by atoms with E-state index in [9.17, 15) is 0 Å². The maximum Gasteiger partial charge on any atom is 0.132 e. The Labute approximate surface area is 372 Å². The number of nitrogens with zero attached hydrogens (tertiary/aromatic N) is 1. The van der Waals surface area contributed by atoms with Crippen molar-refractivity contribution in [3.63, 3.8) is 0 Å². The van der Waals surface area contributed by atoms with E-state index >= 15 is 0 Å². The first-order valence-corrected chi connectivity index (χ1v) is 22.1. The molecule has 0 fully saturated rings. The number of ether oxygens (including phenoxy) is 1. The first-order valence-electron chi connectivity index (χ1n) is 22.1. The lowest BCUT2D eigenvalue weighted by Crippen LogP contribution is -2.44. The molecule has 0 aromatic heterocycles. The van der Waals surface area contributed by atoms with Gasteiger partial charge in [-0.05, 0) is 95.4 Å². The smallest absolute Gasteiger partial charge is 0.132 e. The van der Waals surface area contributed by atoms with Crippen molar-refractivity contribution in [2.45, 2.75) is 17.7 Å². The van der Waals surface area contributed by atoms with E-state index in [1.54, 1.807) is 0 Å². The molecule has 10 aromatic carbocycles. The molecule has 2 N–H and O–H groups in total. The Balaban J connectivity index is 0.933. The Bertz CT molecular complexity index is 3420. The summed E-state index contributed by atoms with van der Waals surface area (Å²) in [5, 5.41) is 12.6. The molecule has 1 spiro atoms. The van der Waals surface area contributed by atoms with E-state index in [-0.39, 0.29) is 12.3 Å². The summed E-state index contributed by atoms with van der Waals surface area (Å²) in [5.74, 6) is 2.65. The third kappa shape index (κ3) is 5.56. The molecular weight excluding hydrogens is 779 g/mol. The van der Waals surface area contributed by atoms with Crippen LogP contribution in [0, 0.1) is 0 Å². The summed E-state index contributed by atoms with van der Waals surface area (Å²) in [6, 6.07) is 81.0. The zero-order valence-corrected chi connectivity index (χ0v) is 34.9. The maximum absolute atomic E-state index is 6.75. The summed E-state index contributed by atoms with van der Waals surface area (Å²) in [4.78, 5) is 5.21. The predicted molar refractivity (Wildman–Crippen MR) is 261 cm³/mol. The molecule has 2 aliphatic heterocycles. The SMILES string of the molecule is c1ccc(-c2ccc(C3=NC(c4ccccc4)NC(c4ccc(-c5ccc6c(c5)C5(c7ccccc7Oc7ccccc75)c5c-6c6ccccc6c6ccccc56)cc4)N3)cc2)cc1. The zero-order valence-electron chi connectivity index (χ0n) is 34.9. The molecule has 64 heavy (non-hydrogen) atoms. The van der Waals surface area contributed by atoms with Crippen molar-refractivity contribution >= 4 is 27.4 Å². The Morgan fingerprint density at radius 3 is 1.62 bits per heavy atom. The highest BCUT2D eigenvalue weighted by molar-refractivity contribution is 6.19. The Morgan fingerprint density at radius 1 is 0.406 bits per heavy atom. The highest BCUT2D eigenvalue weighted by atomic mass is 16.5. The van der Waals surface area contributed by atoms with Crippen molar-refractivity contribution in [3.05, 3.63) is 263 Å². The predicted octanol–water partition coefficient (Wildman–Crippen LogP) is 14.1. The van der Waals surface area contributed by atoms with Gasteiger partial charge < -0.3 is 10.1 Å². The average molecular weight is 820 g/mol. The van der Waals surface area contributed by atoms with Crippen LogP contribution in [0.5, 0.6) is 11.5 Å². The number of fused-ring (bicyclic) bond motifs is 14. The van der Waals surface area contributed by atoms with Gasteiger partial charge in [0.15, 0.2) is 0 Å². The molecule has 4 nitrogen and oxygen atoms in total. The van der Waals surface area contributed by atoms with Gasteiger partial charge in [0.25, 0.3) is 0 Å². The molecule has 2 heterocycles. The molecular formula is C60H41N3O. The van der Waals surface area contributed by atoms with Gasteiger partial charge in [-0.2, -0.15) is 0 Å². The third-order valence-corrected chi connectivity index (χ3v) is 13.6. The minimum atomic E-state index is -0.618. The van der Waals surface area contributed by atoms with Gasteiger partial charge in [-0.1, -0.05) is 206 Å². The fourth-order valence-electron chi connectivity index (χ4n) is 10.8. The first kappa shape index (κ1) is 36.6. The highest BCUT2D eigenvalue weighted by Crippen LogP contribution is 2.65. The fraction of sp³-hybridized carbons (Fsp3) is 0.0500. The Kier molecular flexibility index (Phi) is 8.30. The van der Waals surface area contributed by atoms with Crippen molar-refractivity contribution in [1.82, 2.24) is 10.6 Å². The van der Waals surface area contributed by atoms with E-state index in [1.165, 1.54) is 60.5 Å². The van der Waals surface area contributed by atoms with Crippen molar-refractivity contribution in [2.24, 2.45) is 4.99 Å². The van der Waals surface area contributed by atoms with Crippen LogP contribution < -0.4 is 15.4 Å². The van der Waals surface area contributed by atoms with E-state index in [0.29, 0.717) is 0 Å². The second-order valence-electron chi connectivity index (χ2n) is 17.0. The molecule has 2 atom stereocenters. The van der Waals surface area contributed by atoms with Crippen LogP contribution in [-0.4, -0.2) is 5.84 Å². The lowest BCUT2D eigenvalue weighted by molar-refractivity contribution is 0.409. The Hall–Kier alpha value is -8.05. The molecule has 0 saturated carbocycles. The molecule has 4 heteroatoms. The van der Waals surface area contributed by atoms with Crippen molar-refractivity contribution in [2.75, 3.05) is 0 Å². The van der Waals surface area contributed by atoms with E-state index in [0.717, 1.165) is 50.7 Å². The second kappa shape index (κ2) is 14.5.